The fourth-order valence-electron chi connectivity index (χ4n) is 2.92. The highest BCUT2D eigenvalue weighted by Gasteiger charge is 2.39. The van der Waals surface area contributed by atoms with E-state index in [1.807, 2.05) is 0 Å². The van der Waals surface area contributed by atoms with Gasteiger partial charge in [0, 0.05) is 17.5 Å². The average molecular weight is 320 g/mol. The Morgan fingerprint density at radius 2 is 1.83 bits per heavy atom. The summed E-state index contributed by atoms with van der Waals surface area (Å²) in [5.41, 5.74) is 2.59. The first-order valence-corrected chi connectivity index (χ1v) is 7.32. The van der Waals surface area contributed by atoms with Crippen molar-refractivity contribution < 1.29 is 14.4 Å². The molecule has 0 unspecified atom stereocenters. The first kappa shape index (κ1) is 14.3. The molecule has 0 atom stereocenters. The Labute approximate surface area is 136 Å². The predicted octanol–water partition coefficient (Wildman–Crippen LogP) is 2.27. The summed E-state index contributed by atoms with van der Waals surface area (Å²) >= 11 is 0. The lowest BCUT2D eigenvalue weighted by Gasteiger charge is -2.14. The fraction of sp³-hybridized carbons (Fsp3) is 0.118. The molecular weight excluding hydrogens is 308 g/mol. The van der Waals surface area contributed by atoms with Gasteiger partial charge in [-0.05, 0) is 38.1 Å². The molecule has 0 spiro atoms. The minimum absolute atomic E-state index is 0.0798. The van der Waals surface area contributed by atoms with Gasteiger partial charge >= 0.3 is 0 Å². The summed E-state index contributed by atoms with van der Waals surface area (Å²) in [4.78, 5) is 42.1. The Morgan fingerprint density at radius 3 is 2.50 bits per heavy atom. The molecule has 0 aliphatic carbocycles. The Bertz CT molecular complexity index is 1030. The van der Waals surface area contributed by atoms with E-state index in [1.54, 1.807) is 31.2 Å². The van der Waals surface area contributed by atoms with Crippen molar-refractivity contribution in [3.8, 4) is 0 Å². The van der Waals surface area contributed by atoms with Gasteiger partial charge in [-0.1, -0.05) is 0 Å². The molecule has 2 aromatic heterocycles. The molecule has 4 rings (SSSR count). The number of nitrogens with zero attached hydrogens (tertiary/aromatic N) is 3. The maximum Gasteiger partial charge on any atom is 0.267 e. The summed E-state index contributed by atoms with van der Waals surface area (Å²) in [7, 11) is 0. The maximum absolute atomic E-state index is 12.9. The van der Waals surface area contributed by atoms with Gasteiger partial charge < -0.3 is 0 Å². The molecule has 1 aliphatic heterocycles. The van der Waals surface area contributed by atoms with E-state index >= 15 is 0 Å². The van der Waals surface area contributed by atoms with E-state index in [-0.39, 0.29) is 11.3 Å². The number of fused-ring (bicyclic) bond motifs is 3. The first-order chi connectivity index (χ1) is 11.5. The SMILES string of the molecule is CC(=O)c1ccc(N2C(=O)c3cnc4n[nH]c(C)c4c3C2=O)cc1. The molecule has 7 heteroatoms. The molecule has 0 fully saturated rings. The summed E-state index contributed by atoms with van der Waals surface area (Å²) in [6.07, 6.45) is 1.38. The van der Waals surface area contributed by atoms with E-state index < -0.39 is 11.8 Å². The number of aromatic amines is 1. The van der Waals surface area contributed by atoms with Crippen LogP contribution in [0.1, 0.15) is 43.7 Å². The van der Waals surface area contributed by atoms with Crippen molar-refractivity contribution in [2.75, 3.05) is 4.90 Å². The zero-order valence-corrected chi connectivity index (χ0v) is 13.0. The fourth-order valence-corrected chi connectivity index (χ4v) is 2.92. The molecule has 1 N–H and O–H groups in total. The van der Waals surface area contributed by atoms with Gasteiger partial charge in [-0.15, -0.1) is 0 Å². The molecule has 0 saturated heterocycles. The van der Waals surface area contributed by atoms with E-state index in [9.17, 15) is 14.4 Å². The van der Waals surface area contributed by atoms with Gasteiger partial charge in [0.25, 0.3) is 11.8 Å². The molecule has 2 amide bonds. The maximum atomic E-state index is 12.9. The van der Waals surface area contributed by atoms with E-state index in [2.05, 4.69) is 15.2 Å². The number of Topliss-reactive ketones (excluding diaryl/α,β-unsaturated/α-hetero) is 1. The van der Waals surface area contributed by atoms with Crippen LogP contribution in [0.15, 0.2) is 30.5 Å². The highest BCUT2D eigenvalue weighted by atomic mass is 16.2. The van der Waals surface area contributed by atoms with Crippen LogP contribution in [0.2, 0.25) is 0 Å². The van der Waals surface area contributed by atoms with Gasteiger partial charge in [-0.3, -0.25) is 19.5 Å². The van der Waals surface area contributed by atoms with E-state index in [0.29, 0.717) is 33.5 Å². The molecule has 3 aromatic rings. The molecule has 1 aromatic carbocycles. The van der Waals surface area contributed by atoms with Crippen LogP contribution in [0.4, 0.5) is 5.69 Å². The van der Waals surface area contributed by atoms with Gasteiger partial charge in [0.05, 0.1) is 22.2 Å². The molecule has 1 aliphatic rings. The van der Waals surface area contributed by atoms with E-state index in [1.165, 1.54) is 13.1 Å². The molecule has 118 valence electrons. The summed E-state index contributed by atoms with van der Waals surface area (Å²) in [5, 5.41) is 7.38. The number of pyridine rings is 1. The molecule has 7 nitrogen and oxygen atoms in total. The van der Waals surface area contributed by atoms with E-state index in [4.69, 9.17) is 0 Å². The van der Waals surface area contributed by atoms with Crippen molar-refractivity contribution in [2.24, 2.45) is 0 Å². The van der Waals surface area contributed by atoms with Crippen molar-refractivity contribution in [2.45, 2.75) is 13.8 Å². The summed E-state index contributed by atoms with van der Waals surface area (Å²) in [5.74, 6) is -0.924. The molecule has 0 saturated carbocycles. The number of hydrogen-bond acceptors (Lipinski definition) is 5. The lowest BCUT2D eigenvalue weighted by atomic mass is 10.1. The second-order valence-corrected chi connectivity index (χ2v) is 5.64. The van der Waals surface area contributed by atoms with Crippen LogP contribution in [-0.2, 0) is 0 Å². The normalized spacial score (nSPS) is 13.7. The third kappa shape index (κ3) is 1.81. The quantitative estimate of drug-likeness (QED) is 0.577. The van der Waals surface area contributed by atoms with Crippen molar-refractivity contribution >= 4 is 34.3 Å². The van der Waals surface area contributed by atoms with Crippen LogP contribution in [0.5, 0.6) is 0 Å². The van der Waals surface area contributed by atoms with Crippen LogP contribution in [0.25, 0.3) is 11.0 Å². The number of imide groups is 1. The topological polar surface area (TPSA) is 96.0 Å². The van der Waals surface area contributed by atoms with Crippen LogP contribution < -0.4 is 4.90 Å². The Morgan fingerprint density at radius 1 is 1.12 bits per heavy atom. The summed E-state index contributed by atoms with van der Waals surface area (Å²) in [6.45, 7) is 3.24. The van der Waals surface area contributed by atoms with Gasteiger partial charge in [0.1, 0.15) is 0 Å². The number of anilines is 1. The van der Waals surface area contributed by atoms with Crippen molar-refractivity contribution in [1.29, 1.82) is 0 Å². The average Bonchev–Trinajstić information content (AvgIpc) is 3.06. The van der Waals surface area contributed by atoms with Crippen molar-refractivity contribution in [3.63, 3.8) is 0 Å². The zero-order chi connectivity index (χ0) is 17.0. The van der Waals surface area contributed by atoms with Gasteiger partial charge in [-0.25, -0.2) is 9.88 Å². The van der Waals surface area contributed by atoms with Gasteiger partial charge in [-0.2, -0.15) is 5.10 Å². The predicted molar refractivity (Wildman–Crippen MR) is 86.2 cm³/mol. The Kier molecular flexibility index (Phi) is 2.86. The molecule has 0 radical (unpaired) electrons. The number of rotatable bonds is 2. The zero-order valence-electron chi connectivity index (χ0n) is 13.0. The highest BCUT2D eigenvalue weighted by Crippen LogP contribution is 2.33. The summed E-state index contributed by atoms with van der Waals surface area (Å²) < 4.78 is 0. The number of ketones is 1. The van der Waals surface area contributed by atoms with Crippen LogP contribution in [-0.4, -0.2) is 32.8 Å². The van der Waals surface area contributed by atoms with E-state index in [0.717, 1.165) is 4.90 Å². The molecule has 0 bridgehead atoms. The van der Waals surface area contributed by atoms with Crippen LogP contribution >= 0.6 is 0 Å². The lowest BCUT2D eigenvalue weighted by Crippen LogP contribution is -2.29. The second kappa shape index (κ2) is 4.82. The number of carbonyl (C=O) groups excluding carboxylic acids is 3. The lowest BCUT2D eigenvalue weighted by molar-refractivity contribution is 0.0925. The van der Waals surface area contributed by atoms with Crippen molar-refractivity contribution in [3.05, 3.63) is 52.8 Å². The van der Waals surface area contributed by atoms with Crippen LogP contribution in [0, 0.1) is 6.92 Å². The molecular formula is C17H12N4O3. The van der Waals surface area contributed by atoms with Crippen LogP contribution in [0.3, 0.4) is 0 Å². The minimum atomic E-state index is -0.430. The molecule has 24 heavy (non-hydrogen) atoms. The third-order valence-corrected chi connectivity index (χ3v) is 4.15. The minimum Gasteiger partial charge on any atom is -0.295 e. The third-order valence-electron chi connectivity index (χ3n) is 4.15. The monoisotopic (exact) mass is 320 g/mol. The number of benzene rings is 1. The first-order valence-electron chi connectivity index (χ1n) is 7.32. The smallest absolute Gasteiger partial charge is 0.267 e. The molecule has 3 heterocycles. The highest BCUT2D eigenvalue weighted by molar-refractivity contribution is 6.37. The largest absolute Gasteiger partial charge is 0.295 e. The summed E-state index contributed by atoms with van der Waals surface area (Å²) in [6, 6.07) is 6.37. The Hall–Kier alpha value is -3.35. The number of H-pyrrole nitrogens is 1. The standard InChI is InChI=1S/C17H12N4O3/c1-8-13-14-12(7-18-15(13)20-19-8)16(23)21(17(14)24)11-5-3-10(4-6-11)9(2)22/h3-7H,1-2H3,(H,18,19,20). The number of nitrogens with one attached hydrogen (secondary N) is 1. The van der Waals surface area contributed by atoms with Gasteiger partial charge in [0.2, 0.25) is 0 Å². The van der Waals surface area contributed by atoms with Gasteiger partial charge in [0.15, 0.2) is 11.4 Å². The Balaban J connectivity index is 1.86. The second-order valence-electron chi connectivity index (χ2n) is 5.64. The van der Waals surface area contributed by atoms with Crippen molar-refractivity contribution in [1.82, 2.24) is 15.2 Å². The number of aryl methyl sites for hydroxylation is 1. The number of carbonyl (C=O) groups is 3. The number of aromatic nitrogens is 3. The number of hydrogen-bond donors (Lipinski definition) is 1. The number of amides is 2.